The van der Waals surface area contributed by atoms with Gasteiger partial charge < -0.3 is 11.2 Å². The van der Waals surface area contributed by atoms with Gasteiger partial charge in [-0.2, -0.15) is 18.0 Å². The van der Waals surface area contributed by atoms with Gasteiger partial charge >= 0.3 is 6.18 Å². The number of nitrogens with two attached hydrogens (primary N) is 1. The Morgan fingerprint density at radius 1 is 1.27 bits per heavy atom. The van der Waals surface area contributed by atoms with Gasteiger partial charge in [0.2, 0.25) is 5.78 Å². The van der Waals surface area contributed by atoms with Gasteiger partial charge in [-0.3, -0.25) is 4.79 Å². The maximum atomic E-state index is 12.9. The van der Waals surface area contributed by atoms with Crippen molar-refractivity contribution in [1.82, 2.24) is 9.89 Å². The number of rotatable bonds is 6. The number of halogens is 3. The molecule has 0 saturated carbocycles. The molecule has 5 nitrogen and oxygen atoms in total. The fraction of sp³-hybridized carbons (Fsp3) is 0.286. The van der Waals surface area contributed by atoms with Crippen LogP contribution in [0.1, 0.15) is 28.0 Å². The Morgan fingerprint density at radius 3 is 2.68 bits per heavy atom. The minimum absolute atomic E-state index is 0.0584. The fourth-order valence-corrected chi connectivity index (χ4v) is 1.90. The first-order valence-corrected chi connectivity index (χ1v) is 6.64. The lowest BCUT2D eigenvalue weighted by Gasteiger charge is -2.10. The lowest BCUT2D eigenvalue weighted by atomic mass is 10.0. The molecule has 0 saturated heterocycles. The van der Waals surface area contributed by atoms with Gasteiger partial charge in [-0.25, -0.2) is 0 Å². The van der Waals surface area contributed by atoms with E-state index >= 15 is 0 Å². The van der Waals surface area contributed by atoms with Crippen molar-refractivity contribution in [2.75, 3.05) is 18.5 Å². The summed E-state index contributed by atoms with van der Waals surface area (Å²) in [5, 5.41) is 3.93. The van der Waals surface area contributed by atoms with E-state index in [4.69, 9.17) is 5.73 Å². The van der Waals surface area contributed by atoms with Crippen LogP contribution in [0.15, 0.2) is 36.5 Å². The van der Waals surface area contributed by atoms with Crippen molar-refractivity contribution in [2.45, 2.75) is 12.6 Å². The Labute approximate surface area is 124 Å². The minimum Gasteiger partial charge on any atom is -0.330 e. The first kappa shape index (κ1) is 16.0. The van der Waals surface area contributed by atoms with Gasteiger partial charge in [0.15, 0.2) is 0 Å². The zero-order valence-corrected chi connectivity index (χ0v) is 11.6. The second-order valence-electron chi connectivity index (χ2n) is 4.57. The number of nitrogens with one attached hydrogen (secondary N) is 1. The Morgan fingerprint density at radius 2 is 2.00 bits per heavy atom. The highest BCUT2D eigenvalue weighted by molar-refractivity contribution is 6.08. The molecule has 0 aliphatic carbocycles. The molecule has 0 atom stereocenters. The third-order valence-corrected chi connectivity index (χ3v) is 2.95. The highest BCUT2D eigenvalue weighted by Crippen LogP contribution is 2.32. The summed E-state index contributed by atoms with van der Waals surface area (Å²) in [5.41, 5.74) is 6.78. The van der Waals surface area contributed by atoms with Gasteiger partial charge in [0.05, 0.1) is 5.56 Å². The molecule has 0 radical (unpaired) electrons. The van der Waals surface area contributed by atoms with Crippen LogP contribution in [0.25, 0.3) is 0 Å². The molecule has 22 heavy (non-hydrogen) atoms. The minimum atomic E-state index is -4.59. The van der Waals surface area contributed by atoms with E-state index in [0.717, 1.165) is 12.1 Å². The van der Waals surface area contributed by atoms with Crippen molar-refractivity contribution >= 4 is 5.78 Å². The Hall–Kier alpha value is -2.35. The number of hydrogen-bond donors (Lipinski definition) is 2. The van der Waals surface area contributed by atoms with Gasteiger partial charge in [-0.05, 0) is 25.1 Å². The maximum absolute atomic E-state index is 12.9. The second kappa shape index (κ2) is 6.61. The summed E-state index contributed by atoms with van der Waals surface area (Å²) in [5.74, 6) is -0.771. The monoisotopic (exact) mass is 312 g/mol. The number of aromatic nitrogens is 2. The van der Waals surface area contributed by atoms with E-state index in [2.05, 4.69) is 10.5 Å². The lowest BCUT2D eigenvalue weighted by Crippen LogP contribution is -2.20. The molecule has 118 valence electrons. The van der Waals surface area contributed by atoms with Crippen LogP contribution in [-0.4, -0.2) is 28.8 Å². The van der Waals surface area contributed by atoms with Crippen molar-refractivity contribution < 1.29 is 18.0 Å². The Kier molecular flexibility index (Phi) is 4.81. The summed E-state index contributed by atoms with van der Waals surface area (Å²) >= 11 is 0. The molecule has 1 aromatic carbocycles. The summed E-state index contributed by atoms with van der Waals surface area (Å²) in [7, 11) is 0. The highest BCUT2D eigenvalue weighted by atomic mass is 19.4. The van der Waals surface area contributed by atoms with Gasteiger partial charge in [0, 0.05) is 18.3 Å². The standard InChI is InChI=1S/C14H15F3N4O/c15-14(16,17)11-5-2-1-4-10(11)13(22)12-6-9-21(20-12)19-8-3-7-18/h1-2,4-6,9,19H,3,7-8,18H2. The third kappa shape index (κ3) is 3.64. The summed E-state index contributed by atoms with van der Waals surface area (Å²) < 4.78 is 38.8. The number of carbonyl (C=O) groups is 1. The maximum Gasteiger partial charge on any atom is 0.417 e. The Bertz CT molecular complexity index is 652. The molecular formula is C14H15F3N4O. The van der Waals surface area contributed by atoms with E-state index in [-0.39, 0.29) is 5.69 Å². The smallest absolute Gasteiger partial charge is 0.330 e. The molecule has 0 aliphatic heterocycles. The Balaban J connectivity index is 2.22. The number of ketones is 1. The van der Waals surface area contributed by atoms with E-state index in [1.807, 2.05) is 0 Å². The van der Waals surface area contributed by atoms with Crippen molar-refractivity contribution in [2.24, 2.45) is 5.73 Å². The first-order valence-electron chi connectivity index (χ1n) is 6.64. The highest BCUT2D eigenvalue weighted by Gasteiger charge is 2.35. The van der Waals surface area contributed by atoms with Crippen LogP contribution in [0.5, 0.6) is 0 Å². The van der Waals surface area contributed by atoms with Crippen LogP contribution >= 0.6 is 0 Å². The van der Waals surface area contributed by atoms with Gasteiger partial charge in [-0.15, -0.1) is 5.10 Å². The molecular weight excluding hydrogens is 297 g/mol. The first-order chi connectivity index (χ1) is 10.4. The molecule has 1 aromatic heterocycles. The predicted molar refractivity (Wildman–Crippen MR) is 75.0 cm³/mol. The lowest BCUT2D eigenvalue weighted by molar-refractivity contribution is -0.137. The predicted octanol–water partition coefficient (Wildman–Crippen LogP) is 2.03. The molecule has 1 heterocycles. The van der Waals surface area contributed by atoms with Crippen molar-refractivity contribution in [1.29, 1.82) is 0 Å². The van der Waals surface area contributed by atoms with Crippen molar-refractivity contribution in [3.63, 3.8) is 0 Å². The number of alkyl halides is 3. The average Bonchev–Trinajstić information content (AvgIpc) is 2.95. The van der Waals surface area contributed by atoms with E-state index in [9.17, 15) is 18.0 Å². The van der Waals surface area contributed by atoms with Crippen LogP contribution in [0, 0.1) is 0 Å². The summed E-state index contributed by atoms with van der Waals surface area (Å²) in [4.78, 5) is 13.5. The summed E-state index contributed by atoms with van der Waals surface area (Å²) in [6.07, 6.45) is -2.41. The van der Waals surface area contributed by atoms with E-state index in [1.165, 1.54) is 29.2 Å². The summed E-state index contributed by atoms with van der Waals surface area (Å²) in [6, 6.07) is 6.02. The molecule has 8 heteroatoms. The van der Waals surface area contributed by atoms with Crippen LogP contribution in [0.4, 0.5) is 13.2 Å². The second-order valence-corrected chi connectivity index (χ2v) is 4.57. The molecule has 0 amide bonds. The van der Waals surface area contributed by atoms with Crippen LogP contribution in [0.2, 0.25) is 0 Å². The summed E-state index contributed by atoms with van der Waals surface area (Å²) in [6.45, 7) is 1.05. The zero-order chi connectivity index (χ0) is 16.2. The molecule has 0 aliphatic rings. The fourth-order valence-electron chi connectivity index (χ4n) is 1.90. The number of hydrogen-bond acceptors (Lipinski definition) is 4. The SMILES string of the molecule is NCCCNn1ccc(C(=O)c2ccccc2C(F)(F)F)n1. The van der Waals surface area contributed by atoms with Crippen molar-refractivity contribution in [3.8, 4) is 0 Å². The molecule has 3 N–H and O–H groups in total. The quantitative estimate of drug-likeness (QED) is 0.632. The molecule has 2 rings (SSSR count). The van der Waals surface area contributed by atoms with Gasteiger partial charge in [0.1, 0.15) is 5.69 Å². The molecule has 0 bridgehead atoms. The third-order valence-electron chi connectivity index (χ3n) is 2.95. The van der Waals surface area contributed by atoms with Crippen LogP contribution < -0.4 is 11.2 Å². The van der Waals surface area contributed by atoms with E-state index in [1.54, 1.807) is 0 Å². The molecule has 0 fully saturated rings. The average molecular weight is 312 g/mol. The van der Waals surface area contributed by atoms with E-state index in [0.29, 0.717) is 19.5 Å². The van der Waals surface area contributed by atoms with Crippen LogP contribution in [0.3, 0.4) is 0 Å². The topological polar surface area (TPSA) is 72.9 Å². The normalized spacial score (nSPS) is 11.5. The molecule has 2 aromatic rings. The van der Waals surface area contributed by atoms with Gasteiger partial charge in [-0.1, -0.05) is 18.2 Å². The molecule has 0 unspecified atom stereocenters. The van der Waals surface area contributed by atoms with Gasteiger partial charge in [0.25, 0.3) is 0 Å². The zero-order valence-electron chi connectivity index (χ0n) is 11.6. The number of benzene rings is 1. The van der Waals surface area contributed by atoms with Crippen LogP contribution in [-0.2, 0) is 6.18 Å². The number of nitrogens with zero attached hydrogens (tertiary/aromatic N) is 2. The van der Waals surface area contributed by atoms with Crippen molar-refractivity contribution in [3.05, 3.63) is 53.3 Å². The number of carbonyl (C=O) groups excluding carboxylic acids is 1. The largest absolute Gasteiger partial charge is 0.417 e. The molecule has 0 spiro atoms. The van der Waals surface area contributed by atoms with E-state index < -0.39 is 23.1 Å².